The number of benzene rings is 3. The van der Waals surface area contributed by atoms with Crippen molar-refractivity contribution in [3.63, 3.8) is 0 Å². The number of nitrogens with zero attached hydrogens (tertiary/aromatic N) is 3. The highest BCUT2D eigenvalue weighted by Crippen LogP contribution is 2.27. The predicted molar refractivity (Wildman–Crippen MR) is 138 cm³/mol. The van der Waals surface area contributed by atoms with Gasteiger partial charge in [0, 0.05) is 49.0 Å². The summed E-state index contributed by atoms with van der Waals surface area (Å²) in [4.78, 5) is 34.1. The molecule has 0 unspecified atom stereocenters. The molecule has 182 valence electrons. The maximum Gasteiger partial charge on any atom is 0.415 e. The van der Waals surface area contributed by atoms with Crippen molar-refractivity contribution in [1.29, 1.82) is 0 Å². The molecule has 2 heterocycles. The van der Waals surface area contributed by atoms with Gasteiger partial charge in [-0.1, -0.05) is 18.2 Å². The Morgan fingerprint density at radius 1 is 0.861 bits per heavy atom. The number of para-hydroxylation sites is 1. The lowest BCUT2D eigenvalue weighted by atomic mass is 10.1. The van der Waals surface area contributed by atoms with Gasteiger partial charge in [-0.3, -0.25) is 9.78 Å². The summed E-state index contributed by atoms with van der Waals surface area (Å²) in [6.45, 7) is 1.53. The summed E-state index contributed by atoms with van der Waals surface area (Å²) < 4.78 is 21.6. The summed E-state index contributed by atoms with van der Waals surface area (Å²) in [5.74, 6) is -0.200. The summed E-state index contributed by atoms with van der Waals surface area (Å²) in [7, 11) is 0. The zero-order valence-electron chi connectivity index (χ0n) is 19.3. The second-order valence-electron chi connectivity index (χ2n) is 8.21. The van der Waals surface area contributed by atoms with Crippen molar-refractivity contribution in [2.75, 3.05) is 30.9 Å². The van der Waals surface area contributed by atoms with Gasteiger partial charge in [-0.15, -0.1) is 0 Å². The van der Waals surface area contributed by atoms with Crippen LogP contribution in [-0.2, 0) is 0 Å². The van der Waals surface area contributed by atoms with Crippen LogP contribution in [0.25, 0.3) is 10.9 Å². The summed E-state index contributed by atoms with van der Waals surface area (Å²) >= 11 is 1.47. The lowest BCUT2D eigenvalue weighted by Gasteiger charge is -2.34. The molecule has 0 spiro atoms. The van der Waals surface area contributed by atoms with Crippen LogP contribution in [0.15, 0.2) is 90.0 Å². The first-order chi connectivity index (χ1) is 17.6. The average Bonchev–Trinajstić information content (AvgIpc) is 2.93. The Labute approximate surface area is 212 Å². The lowest BCUT2D eigenvalue weighted by Crippen LogP contribution is -2.51. The molecule has 0 atom stereocenters. The van der Waals surface area contributed by atoms with Crippen molar-refractivity contribution in [3.8, 4) is 5.75 Å². The van der Waals surface area contributed by atoms with E-state index in [0.29, 0.717) is 31.7 Å². The standard InChI is InChI=1S/C27H23FN4O3S/c28-21-8-12-23(13-9-21)35-27(34)32-17-15-31(16-18-32)26(33)20-6-10-22(11-7-20)30-36-24-5-1-3-19-4-2-14-29-25(19)24/h1-14,30H,15-18H2. The molecule has 2 amide bonds. The van der Waals surface area contributed by atoms with E-state index in [9.17, 15) is 14.0 Å². The van der Waals surface area contributed by atoms with Gasteiger partial charge in [0.2, 0.25) is 0 Å². The highest BCUT2D eigenvalue weighted by atomic mass is 32.2. The Morgan fingerprint density at radius 3 is 2.31 bits per heavy atom. The highest BCUT2D eigenvalue weighted by molar-refractivity contribution is 8.00. The van der Waals surface area contributed by atoms with Crippen molar-refractivity contribution in [3.05, 3.63) is 96.4 Å². The number of anilines is 1. The number of pyridine rings is 1. The first-order valence-electron chi connectivity index (χ1n) is 11.4. The van der Waals surface area contributed by atoms with Gasteiger partial charge >= 0.3 is 6.09 Å². The first-order valence-corrected chi connectivity index (χ1v) is 12.3. The fourth-order valence-electron chi connectivity index (χ4n) is 3.90. The van der Waals surface area contributed by atoms with E-state index >= 15 is 0 Å². The normalized spacial score (nSPS) is 13.5. The molecule has 36 heavy (non-hydrogen) atoms. The number of nitrogens with one attached hydrogen (secondary N) is 1. The Balaban J connectivity index is 1.13. The monoisotopic (exact) mass is 502 g/mol. The van der Waals surface area contributed by atoms with Crippen LogP contribution in [0.1, 0.15) is 10.4 Å². The SMILES string of the molecule is O=C(Oc1ccc(F)cc1)N1CCN(C(=O)c2ccc(NSc3cccc4cccnc34)cc2)CC1. The predicted octanol–water partition coefficient (Wildman–Crippen LogP) is 5.45. The van der Waals surface area contributed by atoms with E-state index in [0.717, 1.165) is 21.5 Å². The Morgan fingerprint density at radius 2 is 1.56 bits per heavy atom. The van der Waals surface area contributed by atoms with Crippen LogP contribution in [0, 0.1) is 5.82 Å². The second kappa shape index (κ2) is 10.7. The van der Waals surface area contributed by atoms with Gasteiger partial charge < -0.3 is 19.3 Å². The molecule has 1 aliphatic rings. The number of fused-ring (bicyclic) bond motifs is 1. The molecule has 0 saturated carbocycles. The number of aromatic nitrogens is 1. The molecule has 5 rings (SSSR count). The number of ether oxygens (including phenoxy) is 1. The quantitative estimate of drug-likeness (QED) is 0.366. The second-order valence-corrected chi connectivity index (χ2v) is 9.06. The van der Waals surface area contributed by atoms with Crippen LogP contribution < -0.4 is 9.46 Å². The van der Waals surface area contributed by atoms with Crippen molar-refractivity contribution in [2.24, 2.45) is 0 Å². The van der Waals surface area contributed by atoms with Gasteiger partial charge in [-0.05, 0) is 72.6 Å². The first kappa shape index (κ1) is 23.6. The maximum absolute atomic E-state index is 13.0. The molecule has 7 nitrogen and oxygen atoms in total. The largest absolute Gasteiger partial charge is 0.415 e. The number of halogens is 1. The number of piperazine rings is 1. The van der Waals surface area contributed by atoms with Crippen LogP contribution >= 0.6 is 11.9 Å². The lowest BCUT2D eigenvalue weighted by molar-refractivity contribution is 0.0633. The number of amides is 2. The van der Waals surface area contributed by atoms with Gasteiger partial charge in [-0.2, -0.15) is 0 Å². The summed E-state index contributed by atoms with van der Waals surface area (Å²) in [5, 5.41) is 1.08. The smallest absolute Gasteiger partial charge is 0.410 e. The molecule has 0 bridgehead atoms. The average molecular weight is 503 g/mol. The Kier molecular flexibility index (Phi) is 6.99. The molecule has 4 aromatic rings. The summed E-state index contributed by atoms with van der Waals surface area (Å²) in [6.07, 6.45) is 1.27. The minimum absolute atomic E-state index is 0.0843. The zero-order chi connectivity index (χ0) is 24.9. The summed E-state index contributed by atoms with van der Waals surface area (Å²) in [6, 6.07) is 22.6. The third kappa shape index (κ3) is 5.41. The Bertz CT molecular complexity index is 1370. The molecular weight excluding hydrogens is 479 g/mol. The molecule has 0 aliphatic carbocycles. The van der Waals surface area contributed by atoms with Crippen molar-refractivity contribution in [2.45, 2.75) is 4.90 Å². The molecular formula is C27H23FN4O3S. The minimum Gasteiger partial charge on any atom is -0.410 e. The number of carbonyl (C=O) groups is 2. The molecule has 0 radical (unpaired) electrons. The molecule has 1 aliphatic heterocycles. The van der Waals surface area contributed by atoms with Crippen LogP contribution in [0.3, 0.4) is 0 Å². The Hall–Kier alpha value is -4.11. The van der Waals surface area contributed by atoms with Crippen LogP contribution in [0.5, 0.6) is 5.75 Å². The molecule has 9 heteroatoms. The van der Waals surface area contributed by atoms with E-state index in [1.54, 1.807) is 28.1 Å². The molecule has 1 aromatic heterocycles. The fraction of sp³-hybridized carbons (Fsp3) is 0.148. The van der Waals surface area contributed by atoms with Gasteiger partial charge in [0.25, 0.3) is 5.91 Å². The number of hydrogen-bond donors (Lipinski definition) is 1. The van der Waals surface area contributed by atoms with Gasteiger partial charge in [0.15, 0.2) is 0 Å². The van der Waals surface area contributed by atoms with Crippen LogP contribution in [0.4, 0.5) is 14.9 Å². The van der Waals surface area contributed by atoms with E-state index in [1.807, 2.05) is 42.5 Å². The van der Waals surface area contributed by atoms with Crippen molar-refractivity contribution < 1.29 is 18.7 Å². The molecule has 1 N–H and O–H groups in total. The van der Waals surface area contributed by atoms with Gasteiger partial charge in [-0.25, -0.2) is 9.18 Å². The number of rotatable bonds is 5. The van der Waals surface area contributed by atoms with E-state index in [2.05, 4.69) is 9.71 Å². The van der Waals surface area contributed by atoms with Gasteiger partial charge in [0.05, 0.1) is 10.4 Å². The van der Waals surface area contributed by atoms with E-state index in [4.69, 9.17) is 4.74 Å². The zero-order valence-corrected chi connectivity index (χ0v) is 20.1. The number of carbonyl (C=O) groups excluding carboxylic acids is 2. The van der Waals surface area contributed by atoms with E-state index in [1.165, 1.54) is 36.2 Å². The highest BCUT2D eigenvalue weighted by Gasteiger charge is 2.26. The molecule has 3 aromatic carbocycles. The van der Waals surface area contributed by atoms with Crippen LogP contribution in [-0.4, -0.2) is 53.0 Å². The number of hydrogen-bond acceptors (Lipinski definition) is 6. The molecule has 1 fully saturated rings. The van der Waals surface area contributed by atoms with Crippen LogP contribution in [0.2, 0.25) is 0 Å². The van der Waals surface area contributed by atoms with Crippen molar-refractivity contribution >= 4 is 40.5 Å². The summed E-state index contributed by atoms with van der Waals surface area (Å²) in [5.41, 5.74) is 2.39. The third-order valence-corrected chi connectivity index (χ3v) is 6.74. The maximum atomic E-state index is 13.0. The fourth-order valence-corrected chi connectivity index (χ4v) is 4.67. The van der Waals surface area contributed by atoms with E-state index < -0.39 is 11.9 Å². The molecule has 1 saturated heterocycles. The topological polar surface area (TPSA) is 74.8 Å². The third-order valence-electron chi connectivity index (χ3n) is 5.85. The van der Waals surface area contributed by atoms with Gasteiger partial charge in [0.1, 0.15) is 11.6 Å². The van der Waals surface area contributed by atoms with E-state index in [-0.39, 0.29) is 11.7 Å². The van der Waals surface area contributed by atoms with Crippen molar-refractivity contribution in [1.82, 2.24) is 14.8 Å². The minimum atomic E-state index is -0.511.